The molecule has 4 aliphatic heterocycles. The topological polar surface area (TPSA) is 132 Å². The quantitative estimate of drug-likeness (QED) is 0.186. The molecule has 1 aromatic heterocycles. The van der Waals surface area contributed by atoms with Crippen molar-refractivity contribution in [2.45, 2.75) is 71.0 Å². The average Bonchev–Trinajstić information content (AvgIpc) is 3.64. The van der Waals surface area contributed by atoms with E-state index in [0.717, 1.165) is 85.0 Å². The van der Waals surface area contributed by atoms with Crippen LogP contribution in [0.15, 0.2) is 54.6 Å². The highest BCUT2D eigenvalue weighted by Crippen LogP contribution is 2.33. The second-order valence-corrected chi connectivity index (χ2v) is 15.7. The van der Waals surface area contributed by atoms with Gasteiger partial charge in [0, 0.05) is 59.5 Å². The fraction of sp³-hybridized carbons (Fsp3) is 0.364. The lowest BCUT2D eigenvalue weighted by Gasteiger charge is -2.42. The Labute approximate surface area is 335 Å². The molecule has 0 aliphatic carbocycles. The van der Waals surface area contributed by atoms with E-state index in [4.69, 9.17) is 16.7 Å². The molecule has 3 fully saturated rings. The van der Waals surface area contributed by atoms with Crippen molar-refractivity contribution in [1.29, 1.82) is 5.26 Å². The van der Waals surface area contributed by atoms with E-state index in [2.05, 4.69) is 33.0 Å². The van der Waals surface area contributed by atoms with Gasteiger partial charge in [0.1, 0.15) is 17.9 Å². The highest BCUT2D eigenvalue weighted by atomic mass is 35.5. The highest BCUT2D eigenvalue weighted by Gasteiger charge is 2.45. The van der Waals surface area contributed by atoms with Crippen LogP contribution >= 0.6 is 11.6 Å². The Morgan fingerprint density at radius 2 is 1.65 bits per heavy atom. The number of carbonyl (C=O) groups excluding carboxylic acids is 4. The molecule has 8 rings (SSSR count). The Morgan fingerprint density at radius 1 is 0.895 bits per heavy atom. The molecule has 0 saturated carbocycles. The number of rotatable bonds is 6. The molecule has 3 aromatic carbocycles. The number of imide groups is 2. The van der Waals surface area contributed by atoms with Crippen LogP contribution in [-0.2, 0) is 16.1 Å². The largest absolute Gasteiger partial charge is 0.371 e. The molecular weight excluding hydrogens is 745 g/mol. The number of halogens is 2. The van der Waals surface area contributed by atoms with Crippen LogP contribution in [0.3, 0.4) is 0 Å². The smallest absolute Gasteiger partial charge is 0.262 e. The first kappa shape index (κ1) is 38.1. The molecule has 13 heteroatoms. The molecule has 0 bridgehead atoms. The zero-order valence-electron chi connectivity index (χ0n) is 31.8. The number of fused-ring (bicyclic) bond motifs is 1. The molecule has 5 heterocycles. The van der Waals surface area contributed by atoms with Crippen molar-refractivity contribution in [2.24, 2.45) is 5.92 Å². The van der Waals surface area contributed by atoms with Gasteiger partial charge in [-0.2, -0.15) is 10.4 Å². The number of aromatic nitrogens is 2. The molecule has 11 nitrogen and oxygen atoms in total. The Hall–Kier alpha value is -5.82. The van der Waals surface area contributed by atoms with Gasteiger partial charge in [-0.3, -0.25) is 34.1 Å². The monoisotopic (exact) mass is 785 g/mol. The first-order valence-corrected chi connectivity index (χ1v) is 19.8. The number of carbonyl (C=O) groups is 4. The number of nitrogens with one attached hydrogen (secondary N) is 1. The van der Waals surface area contributed by atoms with E-state index >= 15 is 4.39 Å². The van der Waals surface area contributed by atoms with E-state index in [9.17, 15) is 24.4 Å². The summed E-state index contributed by atoms with van der Waals surface area (Å²) in [4.78, 5) is 56.3. The van der Waals surface area contributed by atoms with Crippen LogP contribution in [0.1, 0.15) is 87.2 Å². The van der Waals surface area contributed by atoms with Crippen LogP contribution in [0.2, 0.25) is 5.02 Å². The van der Waals surface area contributed by atoms with Gasteiger partial charge in [-0.15, -0.1) is 0 Å². The van der Waals surface area contributed by atoms with Crippen molar-refractivity contribution in [2.75, 3.05) is 31.1 Å². The van der Waals surface area contributed by atoms with Gasteiger partial charge in [0.25, 0.3) is 11.8 Å². The maximum absolute atomic E-state index is 15.4. The zero-order valence-corrected chi connectivity index (χ0v) is 32.5. The summed E-state index contributed by atoms with van der Waals surface area (Å²) in [5, 5.41) is 16.6. The van der Waals surface area contributed by atoms with Crippen LogP contribution < -0.4 is 10.2 Å². The summed E-state index contributed by atoms with van der Waals surface area (Å²) < 4.78 is 17.2. The summed E-state index contributed by atoms with van der Waals surface area (Å²) in [6, 6.07) is 17.2. The normalized spacial score (nSPS) is 19.3. The summed E-state index contributed by atoms with van der Waals surface area (Å²) in [6.07, 6.45) is 4.05. The summed E-state index contributed by atoms with van der Waals surface area (Å²) >= 11 is 6.27. The molecule has 0 radical (unpaired) electrons. The summed E-state index contributed by atoms with van der Waals surface area (Å²) in [5.41, 5.74) is 6.46. The number of nitriles is 1. The van der Waals surface area contributed by atoms with Gasteiger partial charge in [-0.25, -0.2) is 4.39 Å². The number of likely N-dealkylation sites (tertiary alicyclic amines) is 1. The van der Waals surface area contributed by atoms with Gasteiger partial charge in [-0.1, -0.05) is 35.6 Å². The maximum atomic E-state index is 15.4. The second-order valence-electron chi connectivity index (χ2n) is 15.3. The minimum absolute atomic E-state index is 0.0856. The molecule has 1 N–H and O–H groups in total. The van der Waals surface area contributed by atoms with Gasteiger partial charge in [0.15, 0.2) is 0 Å². The summed E-state index contributed by atoms with van der Waals surface area (Å²) in [6.45, 7) is 7.72. The number of hydrogen-bond acceptors (Lipinski definition) is 8. The van der Waals surface area contributed by atoms with Crippen LogP contribution in [0.5, 0.6) is 0 Å². The first-order valence-electron chi connectivity index (χ1n) is 19.4. The predicted molar refractivity (Wildman–Crippen MR) is 212 cm³/mol. The van der Waals surface area contributed by atoms with Crippen molar-refractivity contribution in [1.82, 2.24) is 24.9 Å². The van der Waals surface area contributed by atoms with E-state index in [1.807, 2.05) is 32.0 Å². The first-order chi connectivity index (χ1) is 27.5. The standard InChI is InChI=1S/C44H41ClFN7O4/c1-26-27(2)52(49-41(26)30-7-8-31(24-47)37(45)22-30)25-32-6-5-29(21-38(32)46)4-3-28-13-17-50(18-14-28)33-15-19-51(20-16-33)34-9-10-35-36(23-34)44(57)53(43(35)56)39-11-12-40(54)48-42(39)55/h5-10,21-23,28,33,39H,11-20,25H2,1-2H3,(H,48,54,55). The SMILES string of the molecule is Cc1c(-c2ccc(C#N)c(Cl)c2)nn(Cc2ccc(C#CC3CCN(C4CCN(c5ccc6c(c5)C(=O)N(C5CCC(=O)NC5=O)C6=O)CC4)CC3)cc2F)c1C. The van der Waals surface area contributed by atoms with Gasteiger partial charge in [0.05, 0.1) is 34.0 Å². The summed E-state index contributed by atoms with van der Waals surface area (Å²) in [5.74, 6) is 4.53. The van der Waals surface area contributed by atoms with Crippen LogP contribution in [0.4, 0.5) is 10.1 Å². The zero-order chi connectivity index (χ0) is 40.0. The van der Waals surface area contributed by atoms with Crippen LogP contribution in [0.25, 0.3) is 11.3 Å². The minimum Gasteiger partial charge on any atom is -0.371 e. The average molecular weight is 786 g/mol. The molecule has 57 heavy (non-hydrogen) atoms. The number of nitrogens with zero attached hydrogens (tertiary/aromatic N) is 6. The Balaban J connectivity index is 0.830. The van der Waals surface area contributed by atoms with Crippen molar-refractivity contribution in [3.63, 3.8) is 0 Å². The van der Waals surface area contributed by atoms with Gasteiger partial charge >= 0.3 is 0 Å². The van der Waals surface area contributed by atoms with E-state index in [1.165, 1.54) is 6.07 Å². The lowest BCUT2D eigenvalue weighted by Crippen LogP contribution is -2.54. The lowest BCUT2D eigenvalue weighted by molar-refractivity contribution is -0.136. The lowest BCUT2D eigenvalue weighted by atomic mass is 9.93. The van der Waals surface area contributed by atoms with Crippen molar-refractivity contribution >= 4 is 40.9 Å². The highest BCUT2D eigenvalue weighted by molar-refractivity contribution is 6.32. The molecular formula is C44H41ClFN7O4. The van der Waals surface area contributed by atoms with Gasteiger partial charge in [0.2, 0.25) is 11.8 Å². The number of anilines is 1. The third-order valence-corrected chi connectivity index (χ3v) is 12.3. The molecule has 0 spiro atoms. The van der Waals surface area contributed by atoms with Gasteiger partial charge < -0.3 is 9.80 Å². The molecule has 4 aromatic rings. The second kappa shape index (κ2) is 15.6. The van der Waals surface area contributed by atoms with Crippen molar-refractivity contribution < 1.29 is 23.6 Å². The van der Waals surface area contributed by atoms with E-state index < -0.39 is 29.7 Å². The molecule has 1 atom stereocenters. The molecule has 290 valence electrons. The fourth-order valence-corrected chi connectivity index (χ4v) is 8.69. The Morgan fingerprint density at radius 3 is 2.35 bits per heavy atom. The molecule has 4 amide bonds. The van der Waals surface area contributed by atoms with Crippen molar-refractivity contribution in [3.05, 3.63) is 105 Å². The minimum atomic E-state index is -0.980. The number of benzene rings is 3. The van der Waals surface area contributed by atoms with Crippen LogP contribution in [0, 0.1) is 48.8 Å². The fourth-order valence-electron chi connectivity index (χ4n) is 8.47. The third-order valence-electron chi connectivity index (χ3n) is 12.0. The van der Waals surface area contributed by atoms with Crippen LogP contribution in [-0.4, -0.2) is 81.5 Å². The predicted octanol–water partition coefficient (Wildman–Crippen LogP) is 6.01. The summed E-state index contributed by atoms with van der Waals surface area (Å²) in [7, 11) is 0. The Bertz CT molecular complexity index is 2430. The number of piperidine rings is 3. The van der Waals surface area contributed by atoms with E-state index in [1.54, 1.807) is 35.0 Å². The molecule has 1 unspecified atom stereocenters. The third kappa shape index (κ3) is 7.43. The van der Waals surface area contributed by atoms with E-state index in [-0.39, 0.29) is 36.7 Å². The molecule has 4 aliphatic rings. The van der Waals surface area contributed by atoms with Gasteiger partial charge in [-0.05, 0) is 107 Å². The Kier molecular flexibility index (Phi) is 10.4. The van der Waals surface area contributed by atoms with E-state index in [0.29, 0.717) is 33.3 Å². The van der Waals surface area contributed by atoms with Crippen molar-refractivity contribution in [3.8, 4) is 29.2 Å². The maximum Gasteiger partial charge on any atom is 0.262 e. The number of hydrogen-bond donors (Lipinski definition) is 1. The molecule has 3 saturated heterocycles. The number of amides is 4.